The van der Waals surface area contributed by atoms with Gasteiger partial charge in [-0.05, 0) is 27.2 Å². The second-order valence-electron chi connectivity index (χ2n) is 4.34. The van der Waals surface area contributed by atoms with Crippen molar-refractivity contribution in [1.82, 2.24) is 5.32 Å². The fourth-order valence-corrected chi connectivity index (χ4v) is 1.76. The summed E-state index contributed by atoms with van der Waals surface area (Å²) in [6.07, 6.45) is 5.68. The van der Waals surface area contributed by atoms with Crippen molar-refractivity contribution in [1.29, 1.82) is 0 Å². The topological polar surface area (TPSA) is 21.3 Å². The van der Waals surface area contributed by atoms with Crippen molar-refractivity contribution in [3.8, 4) is 0 Å². The van der Waals surface area contributed by atoms with E-state index in [2.05, 4.69) is 45.2 Å². The summed E-state index contributed by atoms with van der Waals surface area (Å²) < 4.78 is 5.79. The Kier molecular flexibility index (Phi) is 3.51. The number of nitrogens with one attached hydrogen (secondary N) is 1. The molecule has 1 rings (SSSR count). The lowest BCUT2D eigenvalue weighted by Gasteiger charge is -2.40. The molecule has 2 heteroatoms. The van der Waals surface area contributed by atoms with Gasteiger partial charge in [0.1, 0.15) is 0 Å². The third-order valence-corrected chi connectivity index (χ3v) is 2.42. The van der Waals surface area contributed by atoms with Crippen LogP contribution in [0.5, 0.6) is 0 Å². The molecule has 0 bridgehead atoms. The van der Waals surface area contributed by atoms with E-state index in [0.29, 0.717) is 12.1 Å². The average Bonchev–Trinajstić information content (AvgIpc) is 2.04. The van der Waals surface area contributed by atoms with Crippen LogP contribution in [0.3, 0.4) is 0 Å². The van der Waals surface area contributed by atoms with Crippen LogP contribution in [0.1, 0.15) is 34.1 Å². The van der Waals surface area contributed by atoms with E-state index in [1.807, 2.05) is 0 Å². The van der Waals surface area contributed by atoms with Crippen LogP contribution in [0.25, 0.3) is 0 Å². The van der Waals surface area contributed by atoms with Crippen molar-refractivity contribution < 1.29 is 4.74 Å². The Labute approximate surface area is 81.4 Å². The Bertz CT molecular complexity index is 187. The van der Waals surface area contributed by atoms with Crippen LogP contribution in [0, 0.1) is 0 Å². The largest absolute Gasteiger partial charge is 0.374 e. The smallest absolute Gasteiger partial charge is 0.0762 e. The zero-order valence-corrected chi connectivity index (χ0v) is 9.13. The third-order valence-electron chi connectivity index (χ3n) is 2.42. The zero-order chi connectivity index (χ0) is 9.90. The van der Waals surface area contributed by atoms with Gasteiger partial charge in [-0.2, -0.15) is 0 Å². The van der Waals surface area contributed by atoms with E-state index in [9.17, 15) is 0 Å². The summed E-state index contributed by atoms with van der Waals surface area (Å²) >= 11 is 0. The van der Waals surface area contributed by atoms with E-state index in [1.54, 1.807) is 0 Å². The molecule has 1 aliphatic rings. The highest BCUT2D eigenvalue weighted by Crippen LogP contribution is 2.18. The van der Waals surface area contributed by atoms with Gasteiger partial charge in [0.2, 0.25) is 0 Å². The van der Waals surface area contributed by atoms with Crippen LogP contribution >= 0.6 is 0 Å². The molecule has 0 amide bonds. The summed E-state index contributed by atoms with van der Waals surface area (Å²) in [4.78, 5) is 0. The Morgan fingerprint density at radius 1 is 1.54 bits per heavy atom. The summed E-state index contributed by atoms with van der Waals surface area (Å²) in [6, 6.07) is 0.374. The number of hydrogen-bond donors (Lipinski definition) is 1. The van der Waals surface area contributed by atoms with Crippen LogP contribution in [-0.2, 0) is 4.74 Å². The minimum Gasteiger partial charge on any atom is -0.374 e. The standard InChI is InChI=1S/C11H21NO/c1-5-7-9-10(6-2)13-8-11(3,4)12-9/h5,7,9-10,12H,6,8H2,1-4H3/b7-5-. The maximum Gasteiger partial charge on any atom is 0.0762 e. The van der Waals surface area contributed by atoms with Crippen LogP contribution < -0.4 is 5.32 Å². The van der Waals surface area contributed by atoms with Crippen LogP contribution in [0.4, 0.5) is 0 Å². The van der Waals surface area contributed by atoms with Crippen molar-refractivity contribution in [2.24, 2.45) is 0 Å². The van der Waals surface area contributed by atoms with Gasteiger partial charge in [-0.1, -0.05) is 19.1 Å². The molecule has 0 aliphatic carbocycles. The Balaban J connectivity index is 2.63. The third kappa shape index (κ3) is 2.82. The van der Waals surface area contributed by atoms with Gasteiger partial charge >= 0.3 is 0 Å². The second kappa shape index (κ2) is 4.25. The molecule has 0 aromatic rings. The van der Waals surface area contributed by atoms with Crippen molar-refractivity contribution in [2.45, 2.75) is 51.8 Å². The SMILES string of the molecule is C/C=C\C1NC(C)(C)COC1CC. The van der Waals surface area contributed by atoms with Gasteiger partial charge in [0.15, 0.2) is 0 Å². The maximum absolute atomic E-state index is 5.79. The van der Waals surface area contributed by atoms with Crippen molar-refractivity contribution >= 4 is 0 Å². The monoisotopic (exact) mass is 183 g/mol. The predicted octanol–water partition coefficient (Wildman–Crippen LogP) is 2.11. The van der Waals surface area contributed by atoms with E-state index < -0.39 is 0 Å². The van der Waals surface area contributed by atoms with E-state index in [-0.39, 0.29) is 5.54 Å². The minimum atomic E-state index is 0.107. The summed E-state index contributed by atoms with van der Waals surface area (Å²) in [5, 5.41) is 3.58. The molecule has 76 valence electrons. The van der Waals surface area contributed by atoms with Crippen molar-refractivity contribution in [3.63, 3.8) is 0 Å². The molecule has 2 nitrogen and oxygen atoms in total. The highest BCUT2D eigenvalue weighted by Gasteiger charge is 2.32. The molecule has 0 spiro atoms. The Morgan fingerprint density at radius 2 is 2.23 bits per heavy atom. The maximum atomic E-state index is 5.79. The average molecular weight is 183 g/mol. The summed E-state index contributed by atoms with van der Waals surface area (Å²) in [6.45, 7) is 9.38. The molecular formula is C11H21NO. The van der Waals surface area contributed by atoms with E-state index in [4.69, 9.17) is 4.74 Å². The molecule has 0 saturated carbocycles. The fourth-order valence-electron chi connectivity index (χ4n) is 1.76. The normalized spacial score (nSPS) is 33.8. The first-order valence-corrected chi connectivity index (χ1v) is 5.11. The molecule has 0 radical (unpaired) electrons. The highest BCUT2D eigenvalue weighted by atomic mass is 16.5. The van der Waals surface area contributed by atoms with Gasteiger partial charge in [-0.25, -0.2) is 0 Å². The molecule has 0 aromatic heterocycles. The lowest BCUT2D eigenvalue weighted by molar-refractivity contribution is -0.0417. The lowest BCUT2D eigenvalue weighted by Crippen LogP contribution is -2.58. The number of allylic oxidation sites excluding steroid dienone is 1. The Hall–Kier alpha value is -0.340. The molecule has 1 saturated heterocycles. The minimum absolute atomic E-state index is 0.107. The molecule has 1 fully saturated rings. The number of rotatable bonds is 2. The van der Waals surface area contributed by atoms with Gasteiger partial charge in [0.05, 0.1) is 18.8 Å². The molecule has 1 aliphatic heterocycles. The highest BCUT2D eigenvalue weighted by molar-refractivity contribution is 5.02. The zero-order valence-electron chi connectivity index (χ0n) is 9.13. The van der Waals surface area contributed by atoms with E-state index >= 15 is 0 Å². The van der Waals surface area contributed by atoms with Gasteiger partial charge in [0.25, 0.3) is 0 Å². The van der Waals surface area contributed by atoms with Gasteiger partial charge in [-0.15, -0.1) is 0 Å². The first-order chi connectivity index (χ1) is 6.09. The molecule has 0 aromatic carbocycles. The molecule has 2 atom stereocenters. The van der Waals surface area contributed by atoms with E-state index in [0.717, 1.165) is 13.0 Å². The summed E-state index contributed by atoms with van der Waals surface area (Å²) in [7, 11) is 0. The second-order valence-corrected chi connectivity index (χ2v) is 4.34. The van der Waals surface area contributed by atoms with Crippen LogP contribution in [-0.4, -0.2) is 24.3 Å². The van der Waals surface area contributed by atoms with Gasteiger partial charge in [-0.3, -0.25) is 0 Å². The van der Waals surface area contributed by atoms with Crippen LogP contribution in [0.2, 0.25) is 0 Å². The van der Waals surface area contributed by atoms with Crippen molar-refractivity contribution in [3.05, 3.63) is 12.2 Å². The number of hydrogen-bond acceptors (Lipinski definition) is 2. The van der Waals surface area contributed by atoms with Crippen molar-refractivity contribution in [2.75, 3.05) is 6.61 Å². The van der Waals surface area contributed by atoms with Crippen LogP contribution in [0.15, 0.2) is 12.2 Å². The predicted molar refractivity (Wildman–Crippen MR) is 55.8 cm³/mol. The van der Waals surface area contributed by atoms with Gasteiger partial charge < -0.3 is 10.1 Å². The summed E-state index contributed by atoms with van der Waals surface area (Å²) in [5.74, 6) is 0. The first-order valence-electron chi connectivity index (χ1n) is 5.11. The molecule has 13 heavy (non-hydrogen) atoms. The Morgan fingerprint density at radius 3 is 2.77 bits per heavy atom. The summed E-state index contributed by atoms with van der Waals surface area (Å²) in [5.41, 5.74) is 0.107. The van der Waals surface area contributed by atoms with Gasteiger partial charge in [0, 0.05) is 5.54 Å². The quantitative estimate of drug-likeness (QED) is 0.662. The fraction of sp³-hybridized carbons (Fsp3) is 0.818. The molecular weight excluding hydrogens is 162 g/mol. The molecule has 1 heterocycles. The lowest BCUT2D eigenvalue weighted by atomic mass is 9.97. The molecule has 2 unspecified atom stereocenters. The van der Waals surface area contributed by atoms with E-state index in [1.165, 1.54) is 0 Å². The number of ether oxygens (including phenoxy) is 1. The number of morpholine rings is 1. The first kappa shape index (κ1) is 10.7. The molecule has 1 N–H and O–H groups in total.